The zero-order valence-corrected chi connectivity index (χ0v) is 14.3. The summed E-state index contributed by atoms with van der Waals surface area (Å²) in [4.78, 5) is 0. The molecule has 0 aliphatic carbocycles. The maximum absolute atomic E-state index is 5.85. The van der Waals surface area contributed by atoms with Crippen molar-refractivity contribution >= 4 is 27.5 Å². The molecule has 0 N–H and O–H groups in total. The number of unbranched alkanes of at least 4 members (excludes halogenated alkanes) is 3. The molecule has 2 aromatic rings. The molecule has 6 heteroatoms. The topological polar surface area (TPSA) is 48.2 Å². The predicted molar refractivity (Wildman–Crippen MR) is 86.6 cm³/mol. The molecule has 0 atom stereocenters. The molecule has 0 bridgehead atoms. The molecule has 0 fully saturated rings. The number of nitrogens with zero attached hydrogens (tertiary/aromatic N) is 2. The molecule has 0 aliphatic heterocycles. The summed E-state index contributed by atoms with van der Waals surface area (Å²) < 4.78 is 12.3. The Bertz CT molecular complexity index is 575. The van der Waals surface area contributed by atoms with Crippen molar-refractivity contribution in [2.75, 3.05) is 6.61 Å². The molecule has 114 valence electrons. The van der Waals surface area contributed by atoms with Crippen molar-refractivity contribution in [3.63, 3.8) is 0 Å². The number of rotatable bonds is 8. The van der Waals surface area contributed by atoms with Crippen molar-refractivity contribution in [3.05, 3.63) is 28.6 Å². The van der Waals surface area contributed by atoms with Gasteiger partial charge in [-0.3, -0.25) is 0 Å². The first-order valence-corrected chi connectivity index (χ1v) is 8.38. The summed E-state index contributed by atoms with van der Waals surface area (Å²) in [5.41, 5.74) is 0.781. The van der Waals surface area contributed by atoms with Crippen LogP contribution in [0.1, 0.15) is 38.5 Å². The van der Waals surface area contributed by atoms with Crippen LogP contribution in [0, 0.1) is 0 Å². The van der Waals surface area contributed by atoms with E-state index in [4.69, 9.17) is 20.8 Å². The van der Waals surface area contributed by atoms with E-state index in [1.165, 1.54) is 19.3 Å². The van der Waals surface area contributed by atoms with Gasteiger partial charge in [0.05, 0.1) is 12.2 Å². The van der Waals surface area contributed by atoms with Crippen LogP contribution in [0.15, 0.2) is 27.1 Å². The summed E-state index contributed by atoms with van der Waals surface area (Å²) in [6, 6.07) is 5.75. The molecule has 0 spiro atoms. The van der Waals surface area contributed by atoms with Gasteiger partial charge in [0.2, 0.25) is 5.89 Å². The molecule has 4 nitrogen and oxygen atoms in total. The van der Waals surface area contributed by atoms with Crippen LogP contribution in [0.4, 0.5) is 0 Å². The average Bonchev–Trinajstić information content (AvgIpc) is 2.97. The number of benzene rings is 1. The van der Waals surface area contributed by atoms with E-state index in [1.54, 1.807) is 0 Å². The largest absolute Gasteiger partial charge is 0.493 e. The van der Waals surface area contributed by atoms with Crippen molar-refractivity contribution in [1.29, 1.82) is 0 Å². The van der Waals surface area contributed by atoms with E-state index in [2.05, 4.69) is 33.1 Å². The number of halogens is 2. The Balaban J connectivity index is 2.10. The minimum Gasteiger partial charge on any atom is -0.493 e. The standard InChI is InChI=1S/C15H18BrClN2O2/c1-2-3-4-5-8-20-13-7-6-11(16)9-12(13)15-19-18-14(10-17)21-15/h6-7,9H,2-5,8,10H2,1H3. The Morgan fingerprint density at radius 3 is 2.81 bits per heavy atom. The molecule has 0 aliphatic rings. The van der Waals surface area contributed by atoms with E-state index in [1.807, 2.05) is 18.2 Å². The molecular formula is C15H18BrClN2O2. The highest BCUT2D eigenvalue weighted by atomic mass is 79.9. The lowest BCUT2D eigenvalue weighted by Gasteiger charge is -2.09. The van der Waals surface area contributed by atoms with E-state index in [-0.39, 0.29) is 5.88 Å². The zero-order valence-electron chi connectivity index (χ0n) is 11.9. The summed E-state index contributed by atoms with van der Waals surface area (Å²) in [5, 5.41) is 7.90. The first-order valence-electron chi connectivity index (χ1n) is 7.05. The number of alkyl halides is 1. The first kappa shape index (κ1) is 16.3. The molecule has 1 aromatic heterocycles. The van der Waals surface area contributed by atoms with Gasteiger partial charge in [-0.2, -0.15) is 0 Å². The Labute approximate surface area is 138 Å². The third-order valence-corrected chi connectivity index (χ3v) is 3.73. The molecule has 1 heterocycles. The van der Waals surface area contributed by atoms with Crippen molar-refractivity contribution in [3.8, 4) is 17.2 Å². The van der Waals surface area contributed by atoms with Crippen LogP contribution >= 0.6 is 27.5 Å². The van der Waals surface area contributed by atoms with Gasteiger partial charge in [-0.15, -0.1) is 21.8 Å². The number of ether oxygens (including phenoxy) is 1. The number of hydrogen-bond donors (Lipinski definition) is 0. The lowest BCUT2D eigenvalue weighted by Crippen LogP contribution is -1.99. The fraction of sp³-hybridized carbons (Fsp3) is 0.467. The van der Waals surface area contributed by atoms with Crippen LogP contribution in [0.3, 0.4) is 0 Å². The SMILES string of the molecule is CCCCCCOc1ccc(Br)cc1-c1nnc(CCl)o1. The van der Waals surface area contributed by atoms with Crippen molar-refractivity contribution in [2.24, 2.45) is 0 Å². The van der Waals surface area contributed by atoms with Crippen LogP contribution < -0.4 is 4.74 Å². The second kappa shape index (κ2) is 8.39. The highest BCUT2D eigenvalue weighted by Gasteiger charge is 2.14. The zero-order chi connectivity index (χ0) is 15.1. The lowest BCUT2D eigenvalue weighted by atomic mass is 10.2. The monoisotopic (exact) mass is 372 g/mol. The molecule has 0 saturated heterocycles. The minimum atomic E-state index is 0.203. The van der Waals surface area contributed by atoms with Gasteiger partial charge in [-0.25, -0.2) is 0 Å². The van der Waals surface area contributed by atoms with E-state index in [0.29, 0.717) is 18.4 Å². The molecule has 2 rings (SSSR count). The van der Waals surface area contributed by atoms with Gasteiger partial charge in [0.25, 0.3) is 5.89 Å². The average molecular weight is 374 g/mol. The smallest absolute Gasteiger partial charge is 0.251 e. The fourth-order valence-corrected chi connectivity index (χ4v) is 2.39. The van der Waals surface area contributed by atoms with E-state index < -0.39 is 0 Å². The summed E-state index contributed by atoms with van der Waals surface area (Å²) >= 11 is 9.14. The Morgan fingerprint density at radius 1 is 1.24 bits per heavy atom. The van der Waals surface area contributed by atoms with E-state index >= 15 is 0 Å². The number of hydrogen-bond acceptors (Lipinski definition) is 4. The highest BCUT2D eigenvalue weighted by molar-refractivity contribution is 9.10. The van der Waals surface area contributed by atoms with Gasteiger partial charge in [0.1, 0.15) is 11.6 Å². The highest BCUT2D eigenvalue weighted by Crippen LogP contribution is 2.32. The van der Waals surface area contributed by atoms with E-state index in [0.717, 1.165) is 22.2 Å². The molecule has 0 saturated carbocycles. The second-order valence-electron chi connectivity index (χ2n) is 4.68. The molecule has 0 unspecified atom stereocenters. The molecule has 21 heavy (non-hydrogen) atoms. The van der Waals surface area contributed by atoms with Crippen LogP contribution in [-0.2, 0) is 5.88 Å². The molecular weight excluding hydrogens is 356 g/mol. The third kappa shape index (κ3) is 4.71. The Kier molecular flexibility index (Phi) is 6.51. The summed E-state index contributed by atoms with van der Waals surface area (Å²) in [6.07, 6.45) is 4.67. The van der Waals surface area contributed by atoms with Crippen molar-refractivity contribution in [2.45, 2.75) is 38.5 Å². The van der Waals surface area contributed by atoms with E-state index in [9.17, 15) is 0 Å². The second-order valence-corrected chi connectivity index (χ2v) is 5.87. The molecule has 0 radical (unpaired) electrons. The molecule has 1 aromatic carbocycles. The van der Waals surface area contributed by atoms with Crippen molar-refractivity contribution in [1.82, 2.24) is 10.2 Å². The van der Waals surface area contributed by atoms with Gasteiger partial charge in [0, 0.05) is 4.47 Å². The Hall–Kier alpha value is -1.07. The Morgan fingerprint density at radius 2 is 2.10 bits per heavy atom. The van der Waals surface area contributed by atoms with Gasteiger partial charge < -0.3 is 9.15 Å². The first-order chi connectivity index (χ1) is 10.2. The minimum absolute atomic E-state index is 0.203. The quantitative estimate of drug-likeness (QED) is 0.471. The van der Waals surface area contributed by atoms with Crippen LogP contribution in [0.5, 0.6) is 5.75 Å². The molecule has 0 amide bonds. The van der Waals surface area contributed by atoms with Gasteiger partial charge in [-0.1, -0.05) is 42.1 Å². The predicted octanol–water partition coefficient (Wildman–Crippen LogP) is 5.20. The lowest BCUT2D eigenvalue weighted by molar-refractivity contribution is 0.305. The van der Waals surface area contributed by atoms with Gasteiger partial charge in [0.15, 0.2) is 0 Å². The van der Waals surface area contributed by atoms with Crippen molar-refractivity contribution < 1.29 is 9.15 Å². The van der Waals surface area contributed by atoms with Crippen LogP contribution in [0.25, 0.3) is 11.5 Å². The third-order valence-electron chi connectivity index (χ3n) is 3.01. The van der Waals surface area contributed by atoms with Crippen LogP contribution in [-0.4, -0.2) is 16.8 Å². The summed E-state index contributed by atoms with van der Waals surface area (Å²) in [5.74, 6) is 1.78. The van der Waals surface area contributed by atoms with Gasteiger partial charge >= 0.3 is 0 Å². The maximum Gasteiger partial charge on any atom is 0.251 e. The summed E-state index contributed by atoms with van der Waals surface area (Å²) in [6.45, 7) is 2.88. The van der Waals surface area contributed by atoms with Gasteiger partial charge in [-0.05, 0) is 24.6 Å². The van der Waals surface area contributed by atoms with Crippen LogP contribution in [0.2, 0.25) is 0 Å². The fourth-order valence-electron chi connectivity index (χ4n) is 1.92. The normalized spacial score (nSPS) is 10.8. The maximum atomic E-state index is 5.85. The number of aromatic nitrogens is 2. The summed E-state index contributed by atoms with van der Waals surface area (Å²) in [7, 11) is 0.